The summed E-state index contributed by atoms with van der Waals surface area (Å²) in [6.07, 6.45) is 2.91. The first-order valence-electron chi connectivity index (χ1n) is 6.35. The van der Waals surface area contributed by atoms with Crippen LogP contribution < -0.4 is 10.1 Å². The molecule has 2 aromatic rings. The van der Waals surface area contributed by atoms with Crippen molar-refractivity contribution < 1.29 is 4.74 Å². The first-order valence-corrected chi connectivity index (χ1v) is 7.14. The van der Waals surface area contributed by atoms with Crippen molar-refractivity contribution in [3.63, 3.8) is 0 Å². The van der Waals surface area contributed by atoms with Gasteiger partial charge in [-0.2, -0.15) is 0 Å². The number of nitrogens with one attached hydrogen (secondary N) is 1. The molecule has 0 radical (unpaired) electrons. The highest BCUT2D eigenvalue weighted by atomic mass is 79.9. The number of aromatic nitrogens is 1. The Morgan fingerprint density at radius 3 is 2.95 bits per heavy atom. The van der Waals surface area contributed by atoms with E-state index in [4.69, 9.17) is 4.74 Å². The lowest BCUT2D eigenvalue weighted by atomic mass is 10.3. The number of rotatable bonds is 6. The van der Waals surface area contributed by atoms with Crippen LogP contribution in [-0.4, -0.2) is 11.5 Å². The molecule has 0 atom stereocenters. The minimum atomic E-state index is 0.470. The summed E-state index contributed by atoms with van der Waals surface area (Å²) in [7, 11) is 0. The predicted molar refractivity (Wildman–Crippen MR) is 81.5 cm³/mol. The quantitative estimate of drug-likeness (QED) is 0.864. The van der Waals surface area contributed by atoms with Gasteiger partial charge in [0.1, 0.15) is 12.4 Å². The Morgan fingerprint density at radius 2 is 2.16 bits per heavy atom. The molecule has 0 saturated heterocycles. The molecule has 1 heterocycles. The van der Waals surface area contributed by atoms with E-state index in [-0.39, 0.29) is 0 Å². The molecule has 1 N–H and O–H groups in total. The average Bonchev–Trinajstić information content (AvgIpc) is 2.43. The number of hydrogen-bond donors (Lipinski definition) is 1. The van der Waals surface area contributed by atoms with Crippen molar-refractivity contribution in [1.29, 1.82) is 0 Å². The Kier molecular flexibility index (Phi) is 5.21. The van der Waals surface area contributed by atoms with E-state index >= 15 is 0 Å². The summed E-state index contributed by atoms with van der Waals surface area (Å²) in [4.78, 5) is 4.31. The molecule has 0 saturated carbocycles. The number of anilines is 1. The van der Waals surface area contributed by atoms with Crippen molar-refractivity contribution in [2.24, 2.45) is 0 Å². The third-order valence-corrected chi connectivity index (χ3v) is 3.07. The van der Waals surface area contributed by atoms with Crippen LogP contribution >= 0.6 is 15.9 Å². The Morgan fingerprint density at radius 1 is 1.26 bits per heavy atom. The number of benzene rings is 1. The molecule has 1 aromatic heterocycles. The van der Waals surface area contributed by atoms with Crippen molar-refractivity contribution in [3.8, 4) is 5.75 Å². The Balaban J connectivity index is 1.95. The van der Waals surface area contributed by atoms with Gasteiger partial charge >= 0.3 is 0 Å². The molecular weight excluding hydrogens is 304 g/mol. The molecule has 0 aliphatic heterocycles. The van der Waals surface area contributed by atoms with Crippen LogP contribution in [0.4, 0.5) is 5.69 Å². The molecular formula is C15H17BrN2O. The summed E-state index contributed by atoms with van der Waals surface area (Å²) >= 11 is 3.42. The van der Waals surface area contributed by atoms with Crippen molar-refractivity contribution in [2.75, 3.05) is 11.9 Å². The topological polar surface area (TPSA) is 34.2 Å². The lowest BCUT2D eigenvalue weighted by Gasteiger charge is -2.08. The maximum atomic E-state index is 5.71. The second-order valence-corrected chi connectivity index (χ2v) is 5.12. The molecule has 0 spiro atoms. The Bertz CT molecular complexity index is 531. The van der Waals surface area contributed by atoms with Crippen LogP contribution in [0.2, 0.25) is 0 Å². The van der Waals surface area contributed by atoms with E-state index in [0.717, 1.165) is 34.6 Å². The Hall–Kier alpha value is -1.55. The van der Waals surface area contributed by atoms with Crippen LogP contribution in [0.3, 0.4) is 0 Å². The van der Waals surface area contributed by atoms with Crippen molar-refractivity contribution in [2.45, 2.75) is 20.0 Å². The van der Waals surface area contributed by atoms with Gasteiger partial charge in [-0.3, -0.25) is 4.98 Å². The number of halogens is 1. The molecule has 0 aliphatic rings. The molecule has 0 amide bonds. The van der Waals surface area contributed by atoms with Crippen LogP contribution in [0.1, 0.15) is 19.0 Å². The smallest absolute Gasteiger partial charge is 0.130 e. The van der Waals surface area contributed by atoms with Gasteiger partial charge in [0.2, 0.25) is 0 Å². The van der Waals surface area contributed by atoms with E-state index in [1.54, 1.807) is 6.20 Å². The number of ether oxygens (including phenoxy) is 1. The van der Waals surface area contributed by atoms with Crippen LogP contribution in [0.15, 0.2) is 47.1 Å². The van der Waals surface area contributed by atoms with Crippen molar-refractivity contribution in [1.82, 2.24) is 4.98 Å². The first-order chi connectivity index (χ1) is 9.28. The van der Waals surface area contributed by atoms with Crippen molar-refractivity contribution >= 4 is 21.6 Å². The Labute approximate surface area is 122 Å². The standard InChI is InChI=1S/C15H17BrN2O/c1-2-7-17-13-6-8-18-14(10-13)11-19-15-5-3-4-12(16)9-15/h3-6,8-10H,2,7,11H2,1H3,(H,17,18). The number of pyridine rings is 1. The van der Waals surface area contributed by atoms with E-state index in [1.807, 2.05) is 36.4 Å². The molecule has 0 unspecified atom stereocenters. The fourth-order valence-corrected chi connectivity index (χ4v) is 2.03. The minimum absolute atomic E-state index is 0.470. The second-order valence-electron chi connectivity index (χ2n) is 4.21. The van der Waals surface area contributed by atoms with Gasteiger partial charge in [0, 0.05) is 22.9 Å². The van der Waals surface area contributed by atoms with Crippen LogP contribution in [0.25, 0.3) is 0 Å². The van der Waals surface area contributed by atoms with Gasteiger partial charge < -0.3 is 10.1 Å². The summed E-state index contributed by atoms with van der Waals surface area (Å²) in [6.45, 7) is 3.58. The van der Waals surface area contributed by atoms with Gasteiger partial charge in [0.15, 0.2) is 0 Å². The minimum Gasteiger partial charge on any atom is -0.487 e. The molecule has 0 fully saturated rings. The summed E-state index contributed by atoms with van der Waals surface area (Å²) in [5.74, 6) is 0.836. The normalized spacial score (nSPS) is 10.2. The molecule has 0 bridgehead atoms. The monoisotopic (exact) mass is 320 g/mol. The fraction of sp³-hybridized carbons (Fsp3) is 0.267. The summed E-state index contributed by atoms with van der Waals surface area (Å²) in [5.41, 5.74) is 2.01. The van der Waals surface area contributed by atoms with E-state index < -0.39 is 0 Å². The lowest BCUT2D eigenvalue weighted by Crippen LogP contribution is -2.03. The third kappa shape index (κ3) is 4.56. The van der Waals surface area contributed by atoms with Gasteiger partial charge in [-0.25, -0.2) is 0 Å². The highest BCUT2D eigenvalue weighted by molar-refractivity contribution is 9.10. The maximum absolute atomic E-state index is 5.71. The van der Waals surface area contributed by atoms with Crippen molar-refractivity contribution in [3.05, 3.63) is 52.8 Å². The number of nitrogens with zero attached hydrogens (tertiary/aromatic N) is 1. The molecule has 1 aromatic carbocycles. The molecule has 100 valence electrons. The third-order valence-electron chi connectivity index (χ3n) is 2.58. The van der Waals surface area contributed by atoms with Crippen LogP contribution in [0, 0.1) is 0 Å². The van der Waals surface area contributed by atoms with E-state index in [9.17, 15) is 0 Å². The van der Waals surface area contributed by atoms with Gasteiger partial charge in [-0.1, -0.05) is 28.9 Å². The SMILES string of the molecule is CCCNc1ccnc(COc2cccc(Br)c2)c1. The zero-order valence-electron chi connectivity index (χ0n) is 10.9. The van der Waals surface area contributed by atoms with Gasteiger partial charge in [0.25, 0.3) is 0 Å². The zero-order chi connectivity index (χ0) is 13.5. The zero-order valence-corrected chi connectivity index (χ0v) is 12.5. The van der Waals surface area contributed by atoms with Crippen LogP contribution in [0.5, 0.6) is 5.75 Å². The molecule has 19 heavy (non-hydrogen) atoms. The molecule has 4 heteroatoms. The lowest BCUT2D eigenvalue weighted by molar-refractivity contribution is 0.301. The van der Waals surface area contributed by atoms with Gasteiger partial charge in [0.05, 0.1) is 5.69 Å². The second kappa shape index (κ2) is 7.14. The first kappa shape index (κ1) is 13.9. The predicted octanol–water partition coefficient (Wildman–Crippen LogP) is 4.25. The van der Waals surface area contributed by atoms with E-state index in [2.05, 4.69) is 33.2 Å². The molecule has 0 aliphatic carbocycles. The average molecular weight is 321 g/mol. The number of hydrogen-bond acceptors (Lipinski definition) is 3. The highest BCUT2D eigenvalue weighted by Gasteiger charge is 1.99. The summed E-state index contributed by atoms with van der Waals surface area (Å²) in [5, 5.41) is 3.34. The highest BCUT2D eigenvalue weighted by Crippen LogP contribution is 2.19. The molecule has 3 nitrogen and oxygen atoms in total. The maximum Gasteiger partial charge on any atom is 0.130 e. The fourth-order valence-electron chi connectivity index (χ4n) is 1.65. The van der Waals surface area contributed by atoms with E-state index in [1.165, 1.54) is 0 Å². The molecule has 2 rings (SSSR count). The van der Waals surface area contributed by atoms with E-state index in [0.29, 0.717) is 6.61 Å². The largest absolute Gasteiger partial charge is 0.487 e. The van der Waals surface area contributed by atoms with Gasteiger partial charge in [-0.05, 0) is 36.8 Å². The van der Waals surface area contributed by atoms with Crippen LogP contribution in [-0.2, 0) is 6.61 Å². The summed E-state index contributed by atoms with van der Waals surface area (Å²) < 4.78 is 6.72. The van der Waals surface area contributed by atoms with Gasteiger partial charge in [-0.15, -0.1) is 0 Å². The summed E-state index contributed by atoms with van der Waals surface area (Å²) in [6, 6.07) is 11.8.